The number of hydrogen-bond acceptors (Lipinski definition) is 7. The third kappa shape index (κ3) is 36.6. The molecule has 0 rings (SSSR count). The lowest BCUT2D eigenvalue weighted by Gasteiger charge is -2.31. The Bertz CT molecular complexity index is 956. The molecule has 0 spiro atoms. The van der Waals surface area contributed by atoms with Crippen LogP contribution >= 0.6 is 7.82 Å². The second-order valence-electron chi connectivity index (χ2n) is 16.5. The monoisotopic (exact) mass is 787 g/mol. The Morgan fingerprint density at radius 2 is 1.07 bits per heavy atom. The minimum atomic E-state index is -4.67. The number of rotatable bonds is 40. The van der Waals surface area contributed by atoms with Crippen LogP contribution in [0.4, 0.5) is 0 Å². The van der Waals surface area contributed by atoms with E-state index in [0.717, 1.165) is 38.5 Å². The summed E-state index contributed by atoms with van der Waals surface area (Å²) >= 11 is 0. The van der Waals surface area contributed by atoms with Crippen molar-refractivity contribution in [2.75, 3.05) is 40.9 Å². The molecule has 0 aliphatic rings. The van der Waals surface area contributed by atoms with Gasteiger partial charge in [-0.15, -0.1) is 0 Å². The number of amides is 1. The fraction of sp³-hybridized carbons (Fsp3) is 0.886. The number of carbonyl (C=O) groups excluding carboxylic acids is 1. The second kappa shape index (κ2) is 36.3. The Labute approximate surface area is 333 Å². The Morgan fingerprint density at radius 3 is 1.56 bits per heavy atom. The first-order valence-electron chi connectivity index (χ1n) is 22.3. The number of unbranched alkanes of at least 4 members (excludes halogenated alkanes) is 22. The molecule has 0 saturated carbocycles. The lowest BCUT2D eigenvalue weighted by atomic mass is 10.0. The fourth-order valence-electron chi connectivity index (χ4n) is 6.39. The number of hydrogen-bond donors (Lipinski definition) is 3. The van der Waals surface area contributed by atoms with Crippen molar-refractivity contribution in [1.29, 1.82) is 0 Å². The zero-order chi connectivity index (χ0) is 40.2. The molecule has 9 nitrogen and oxygen atoms in total. The van der Waals surface area contributed by atoms with Crippen molar-refractivity contribution in [1.82, 2.24) is 5.32 Å². The van der Waals surface area contributed by atoms with Crippen molar-refractivity contribution in [3.05, 3.63) is 24.3 Å². The zero-order valence-electron chi connectivity index (χ0n) is 35.8. The summed E-state index contributed by atoms with van der Waals surface area (Å²) in [6.07, 6.45) is 37.9. The van der Waals surface area contributed by atoms with Crippen LogP contribution in [0.1, 0.15) is 194 Å². The van der Waals surface area contributed by atoms with Crippen LogP contribution < -0.4 is 10.2 Å². The summed E-state index contributed by atoms with van der Waals surface area (Å²) in [4.78, 5) is 25.3. The topological polar surface area (TPSA) is 128 Å². The van der Waals surface area contributed by atoms with Crippen molar-refractivity contribution < 1.29 is 38.0 Å². The Balaban J connectivity index is 4.49. The molecule has 0 fully saturated rings. The molecule has 0 radical (unpaired) electrons. The third-order valence-electron chi connectivity index (χ3n) is 10.0. The van der Waals surface area contributed by atoms with Crippen LogP contribution in [-0.4, -0.2) is 79.8 Å². The van der Waals surface area contributed by atoms with Gasteiger partial charge < -0.3 is 34.0 Å². The largest absolute Gasteiger partial charge is 0.756 e. The van der Waals surface area contributed by atoms with E-state index in [1.165, 1.54) is 116 Å². The van der Waals surface area contributed by atoms with Crippen LogP contribution in [0.15, 0.2) is 24.3 Å². The molecular weight excluding hydrogens is 699 g/mol. The highest BCUT2D eigenvalue weighted by Gasteiger charge is 2.29. The summed E-state index contributed by atoms with van der Waals surface area (Å²) in [6, 6.07) is -1.09. The molecule has 0 aliphatic heterocycles. The number of phosphoric ester groups is 1. The maximum absolute atomic E-state index is 12.9. The lowest BCUT2D eigenvalue weighted by Crippen LogP contribution is -2.51. The molecule has 0 heterocycles. The maximum Gasteiger partial charge on any atom is 0.268 e. The number of quaternary nitrogens is 1. The van der Waals surface area contributed by atoms with E-state index >= 15 is 0 Å². The quantitative estimate of drug-likeness (QED) is 0.0244. The number of aliphatic hydroxyl groups excluding tert-OH is 2. The molecule has 3 N–H and O–H groups in total. The molecule has 4 unspecified atom stereocenters. The fourth-order valence-corrected chi connectivity index (χ4v) is 7.11. The van der Waals surface area contributed by atoms with Gasteiger partial charge in [0.25, 0.3) is 7.82 Å². The number of aliphatic hydroxyl groups is 2. The smallest absolute Gasteiger partial charge is 0.268 e. The van der Waals surface area contributed by atoms with Gasteiger partial charge in [0.1, 0.15) is 19.3 Å². The van der Waals surface area contributed by atoms with E-state index in [1.807, 2.05) is 21.1 Å². The summed E-state index contributed by atoms with van der Waals surface area (Å²) < 4.78 is 23.1. The van der Waals surface area contributed by atoms with Crippen LogP contribution in [0.2, 0.25) is 0 Å². The number of nitrogens with one attached hydrogen (secondary N) is 1. The molecule has 0 aromatic heterocycles. The van der Waals surface area contributed by atoms with Crippen molar-refractivity contribution in [3.8, 4) is 0 Å². The first kappa shape index (κ1) is 52.9. The van der Waals surface area contributed by atoms with E-state index in [4.69, 9.17) is 9.05 Å². The predicted octanol–water partition coefficient (Wildman–Crippen LogP) is 10.5. The normalized spacial score (nSPS) is 15.2. The van der Waals surface area contributed by atoms with Gasteiger partial charge in [-0.1, -0.05) is 160 Å². The third-order valence-corrected chi connectivity index (χ3v) is 11.0. The molecule has 54 heavy (non-hydrogen) atoms. The molecule has 1 amide bonds. The van der Waals surface area contributed by atoms with Gasteiger partial charge in [0.05, 0.1) is 39.9 Å². The van der Waals surface area contributed by atoms with Crippen LogP contribution in [0.3, 0.4) is 0 Å². The number of nitrogens with zero attached hydrogens (tertiary/aromatic N) is 1. The summed E-state index contributed by atoms with van der Waals surface area (Å²) in [6.45, 7) is 4.38. The van der Waals surface area contributed by atoms with E-state index < -0.39 is 32.7 Å². The molecule has 0 aliphatic carbocycles. The highest BCUT2D eigenvalue weighted by molar-refractivity contribution is 7.45. The lowest BCUT2D eigenvalue weighted by molar-refractivity contribution is -0.870. The highest BCUT2D eigenvalue weighted by Crippen LogP contribution is 2.38. The van der Waals surface area contributed by atoms with Crippen molar-refractivity contribution in [2.24, 2.45) is 0 Å². The molecule has 0 saturated heterocycles. The minimum absolute atomic E-state index is 0.0470. The van der Waals surface area contributed by atoms with Crippen molar-refractivity contribution >= 4 is 13.7 Å². The molecule has 0 aromatic carbocycles. The van der Waals surface area contributed by atoms with E-state index in [0.29, 0.717) is 30.3 Å². The van der Waals surface area contributed by atoms with Crippen LogP contribution in [0.25, 0.3) is 0 Å². The molecule has 0 bridgehead atoms. The van der Waals surface area contributed by atoms with Gasteiger partial charge >= 0.3 is 0 Å². The molecule has 10 heteroatoms. The second-order valence-corrected chi connectivity index (χ2v) is 17.9. The average molecular weight is 787 g/mol. The SMILES string of the molecule is CCCCC/C=C/CC/C=C/CCCC(O)C(O)C(COP(=O)([O-])OCC[N+](C)(C)C)NC(=O)CCCCCCCCCCCCCCCCCCCC. The van der Waals surface area contributed by atoms with Crippen LogP contribution in [-0.2, 0) is 18.4 Å². The van der Waals surface area contributed by atoms with E-state index in [-0.39, 0.29) is 18.9 Å². The summed E-state index contributed by atoms with van der Waals surface area (Å²) in [5, 5.41) is 24.5. The first-order chi connectivity index (χ1) is 25.9. The maximum atomic E-state index is 12.9. The highest BCUT2D eigenvalue weighted by atomic mass is 31.2. The van der Waals surface area contributed by atoms with Gasteiger partial charge in [-0.3, -0.25) is 9.36 Å². The molecule has 4 atom stereocenters. The first-order valence-corrected chi connectivity index (χ1v) is 23.7. The number of likely N-dealkylation sites (N-methyl/N-ethyl adjacent to an activating group) is 1. The van der Waals surface area contributed by atoms with Crippen molar-refractivity contribution in [2.45, 2.75) is 212 Å². The van der Waals surface area contributed by atoms with Crippen LogP contribution in [0, 0.1) is 0 Å². The summed E-state index contributed by atoms with van der Waals surface area (Å²) in [5.74, 6) is -0.291. The van der Waals surface area contributed by atoms with Gasteiger partial charge in [0.2, 0.25) is 5.91 Å². The number of carbonyl (C=O) groups is 1. The predicted molar refractivity (Wildman–Crippen MR) is 225 cm³/mol. The standard InChI is InChI=1S/C44H87N2O7P/c1-6-8-10-12-14-16-18-20-21-22-23-24-25-27-29-31-33-35-37-43(48)45-41(40-53-54(50,51)52-39-38-46(3,4)5)44(49)42(47)36-34-32-30-28-26-19-17-15-13-11-9-7-2/h15,17,28,30,41-42,44,47,49H,6-14,16,18-27,29,31-40H2,1-5H3,(H-,45,48,50,51)/b17-15+,30-28+. The molecule has 0 aromatic rings. The van der Waals surface area contributed by atoms with Crippen LogP contribution in [0.5, 0.6) is 0 Å². The molecule has 320 valence electrons. The van der Waals surface area contributed by atoms with Gasteiger partial charge in [0, 0.05) is 6.42 Å². The van der Waals surface area contributed by atoms with E-state index in [2.05, 4.69) is 43.5 Å². The minimum Gasteiger partial charge on any atom is -0.756 e. The zero-order valence-corrected chi connectivity index (χ0v) is 36.7. The number of phosphoric acid groups is 1. The Morgan fingerprint density at radius 1 is 0.648 bits per heavy atom. The average Bonchev–Trinajstić information content (AvgIpc) is 3.12. The van der Waals surface area contributed by atoms with Gasteiger partial charge in [-0.2, -0.15) is 0 Å². The van der Waals surface area contributed by atoms with Crippen molar-refractivity contribution in [3.63, 3.8) is 0 Å². The van der Waals surface area contributed by atoms with E-state index in [9.17, 15) is 24.5 Å². The van der Waals surface area contributed by atoms with E-state index in [1.54, 1.807) is 0 Å². The summed E-state index contributed by atoms with van der Waals surface area (Å²) in [5.41, 5.74) is 0. The Kier molecular flexibility index (Phi) is 35.6. The summed E-state index contributed by atoms with van der Waals surface area (Å²) in [7, 11) is 1.10. The van der Waals surface area contributed by atoms with Gasteiger partial charge in [-0.05, 0) is 51.4 Å². The Hall–Kier alpha value is -1.06. The number of allylic oxidation sites excluding steroid dienone is 4. The van der Waals surface area contributed by atoms with Gasteiger partial charge in [0.15, 0.2) is 0 Å². The van der Waals surface area contributed by atoms with Gasteiger partial charge in [-0.25, -0.2) is 0 Å². The molecular formula is C44H87N2O7P.